The summed E-state index contributed by atoms with van der Waals surface area (Å²) in [5, 5.41) is 0.154. The number of aromatic nitrogens is 3. The van der Waals surface area contributed by atoms with Crippen LogP contribution in [-0.2, 0) is 30.5 Å². The predicted octanol–water partition coefficient (Wildman–Crippen LogP) is 4.76. The number of alkyl halides is 3. The third-order valence-electron chi connectivity index (χ3n) is 5.62. The summed E-state index contributed by atoms with van der Waals surface area (Å²) in [6.07, 6.45) is -3.94. The average molecular weight is 554 g/mol. The third-order valence-corrected chi connectivity index (χ3v) is 5.85. The molecule has 0 fully saturated rings. The zero-order valence-electron chi connectivity index (χ0n) is 18.3. The van der Waals surface area contributed by atoms with E-state index in [4.69, 9.17) is 17.3 Å². The molecule has 1 amide bonds. The summed E-state index contributed by atoms with van der Waals surface area (Å²) in [4.78, 5) is 21.8. The number of benzene rings is 1. The molecule has 6 nitrogen and oxygen atoms in total. The van der Waals surface area contributed by atoms with Crippen molar-refractivity contribution in [2.45, 2.75) is 38.1 Å². The summed E-state index contributed by atoms with van der Waals surface area (Å²) in [5.74, 6) is -5.15. The highest BCUT2D eigenvalue weighted by molar-refractivity contribution is 6.29. The maximum atomic E-state index is 13.9. The summed E-state index contributed by atoms with van der Waals surface area (Å²) in [7, 11) is 0. The molecule has 1 atom stereocenters. The van der Waals surface area contributed by atoms with Crippen LogP contribution in [0.3, 0.4) is 0 Å². The van der Waals surface area contributed by atoms with Crippen LogP contribution < -0.4 is 5.73 Å². The Kier molecular flexibility index (Phi) is 8.21. The van der Waals surface area contributed by atoms with Gasteiger partial charge in [0.1, 0.15) is 11.0 Å². The summed E-state index contributed by atoms with van der Waals surface area (Å²) in [6, 6.07) is 3.04. The fourth-order valence-corrected chi connectivity index (χ4v) is 4.08. The molecule has 3 aromatic rings. The first-order valence-corrected chi connectivity index (χ1v) is 10.8. The first kappa shape index (κ1) is 27.8. The molecule has 0 spiro atoms. The van der Waals surface area contributed by atoms with Crippen molar-refractivity contribution in [3.8, 4) is 11.3 Å². The summed E-state index contributed by atoms with van der Waals surface area (Å²) >= 11 is 5.77. The van der Waals surface area contributed by atoms with Gasteiger partial charge in [0.25, 0.3) is 0 Å². The first-order chi connectivity index (χ1) is 16.4. The molecule has 2 N–H and O–H groups in total. The summed E-state index contributed by atoms with van der Waals surface area (Å²) in [5.41, 5.74) is 6.24. The van der Waals surface area contributed by atoms with Gasteiger partial charge < -0.3 is 15.2 Å². The van der Waals surface area contributed by atoms with Gasteiger partial charge in [0.2, 0.25) is 11.7 Å². The molecule has 1 aliphatic rings. The van der Waals surface area contributed by atoms with E-state index >= 15 is 0 Å². The Morgan fingerprint density at radius 2 is 1.81 bits per heavy atom. The Morgan fingerprint density at radius 1 is 1.11 bits per heavy atom. The van der Waals surface area contributed by atoms with Crippen LogP contribution in [0.15, 0.2) is 30.5 Å². The number of pyridine rings is 1. The van der Waals surface area contributed by atoms with Crippen molar-refractivity contribution in [2.24, 2.45) is 5.73 Å². The number of fused-ring (bicyclic) bond motifs is 1. The smallest absolute Gasteiger partial charge is 0.335 e. The minimum absolute atomic E-state index is 0. The van der Waals surface area contributed by atoms with E-state index in [0.29, 0.717) is 17.7 Å². The molecule has 0 saturated heterocycles. The number of carbonyl (C=O) groups is 1. The van der Waals surface area contributed by atoms with Gasteiger partial charge in [-0.3, -0.25) is 4.79 Å². The average Bonchev–Trinajstić information content (AvgIpc) is 3.17. The molecule has 4 rings (SSSR count). The van der Waals surface area contributed by atoms with E-state index in [2.05, 4.69) is 9.97 Å². The van der Waals surface area contributed by atoms with E-state index in [1.807, 2.05) is 0 Å². The van der Waals surface area contributed by atoms with Crippen LogP contribution in [0.4, 0.5) is 26.3 Å². The SMILES string of the molecule is Cl.N[C@@H](CC(=O)N1CCn2c(C(F)(F)F)nc(-c3ccc(Cl)nc3)c2C1)Cc1cc(F)c(F)cc1F. The maximum Gasteiger partial charge on any atom is 0.449 e. The molecule has 1 aliphatic heterocycles. The molecule has 1 aromatic carbocycles. The van der Waals surface area contributed by atoms with Gasteiger partial charge in [-0.25, -0.2) is 23.1 Å². The highest BCUT2D eigenvalue weighted by Gasteiger charge is 2.41. The fourth-order valence-electron chi connectivity index (χ4n) is 3.97. The van der Waals surface area contributed by atoms with Crippen molar-refractivity contribution in [3.63, 3.8) is 0 Å². The Morgan fingerprint density at radius 3 is 2.44 bits per heavy atom. The third kappa shape index (κ3) is 5.76. The Balaban J connectivity index is 0.00000361. The fraction of sp³-hybridized carbons (Fsp3) is 0.318. The lowest BCUT2D eigenvalue weighted by Gasteiger charge is -2.30. The number of nitrogens with two attached hydrogens (primary N) is 1. The molecular weight excluding hydrogens is 535 g/mol. The normalized spacial score (nSPS) is 14.3. The molecular formula is C22H19Cl2F6N5O. The largest absolute Gasteiger partial charge is 0.449 e. The highest BCUT2D eigenvalue weighted by Crippen LogP contribution is 2.36. The molecule has 0 bridgehead atoms. The van der Waals surface area contributed by atoms with E-state index in [9.17, 15) is 31.1 Å². The van der Waals surface area contributed by atoms with Gasteiger partial charge in [0, 0.05) is 43.4 Å². The number of rotatable bonds is 5. The van der Waals surface area contributed by atoms with E-state index < -0.39 is 41.4 Å². The number of carbonyl (C=O) groups excluding carboxylic acids is 1. The minimum atomic E-state index is -4.71. The van der Waals surface area contributed by atoms with Crippen molar-refractivity contribution < 1.29 is 31.1 Å². The maximum absolute atomic E-state index is 13.9. The van der Waals surface area contributed by atoms with E-state index in [-0.39, 0.29) is 67.0 Å². The Bertz CT molecular complexity index is 1270. The van der Waals surface area contributed by atoms with Crippen molar-refractivity contribution in [2.75, 3.05) is 6.54 Å². The number of hydrogen-bond acceptors (Lipinski definition) is 4. The lowest BCUT2D eigenvalue weighted by molar-refractivity contribution is -0.148. The molecule has 194 valence electrons. The zero-order valence-corrected chi connectivity index (χ0v) is 19.9. The minimum Gasteiger partial charge on any atom is -0.335 e. The Labute approximate surface area is 212 Å². The van der Waals surface area contributed by atoms with Crippen LogP contribution in [0.2, 0.25) is 5.15 Å². The van der Waals surface area contributed by atoms with Crippen molar-refractivity contribution in [3.05, 3.63) is 70.1 Å². The number of amides is 1. The van der Waals surface area contributed by atoms with Gasteiger partial charge >= 0.3 is 6.18 Å². The number of hydrogen-bond donors (Lipinski definition) is 1. The second kappa shape index (κ2) is 10.7. The molecule has 36 heavy (non-hydrogen) atoms. The molecule has 0 radical (unpaired) electrons. The quantitative estimate of drug-likeness (QED) is 0.281. The molecule has 2 aromatic heterocycles. The number of halogens is 8. The van der Waals surface area contributed by atoms with Crippen LogP contribution in [0.25, 0.3) is 11.3 Å². The van der Waals surface area contributed by atoms with Gasteiger partial charge in [-0.05, 0) is 30.2 Å². The van der Waals surface area contributed by atoms with Crippen molar-refractivity contribution in [1.82, 2.24) is 19.4 Å². The summed E-state index contributed by atoms with van der Waals surface area (Å²) in [6.45, 7) is -0.362. The van der Waals surface area contributed by atoms with Crippen LogP contribution in [0.5, 0.6) is 0 Å². The summed E-state index contributed by atoms with van der Waals surface area (Å²) < 4.78 is 82.3. The predicted molar refractivity (Wildman–Crippen MR) is 121 cm³/mol. The van der Waals surface area contributed by atoms with Gasteiger partial charge in [-0.15, -0.1) is 12.4 Å². The molecule has 3 heterocycles. The lowest BCUT2D eigenvalue weighted by Crippen LogP contribution is -2.42. The van der Waals surface area contributed by atoms with Gasteiger partial charge in [0.15, 0.2) is 11.6 Å². The van der Waals surface area contributed by atoms with E-state index in [1.54, 1.807) is 0 Å². The second-order valence-electron chi connectivity index (χ2n) is 8.09. The van der Waals surface area contributed by atoms with Crippen LogP contribution in [-0.4, -0.2) is 37.9 Å². The van der Waals surface area contributed by atoms with E-state index in [0.717, 1.165) is 4.57 Å². The zero-order chi connectivity index (χ0) is 25.5. The van der Waals surface area contributed by atoms with Crippen LogP contribution in [0.1, 0.15) is 23.5 Å². The number of nitrogens with zero attached hydrogens (tertiary/aromatic N) is 4. The topological polar surface area (TPSA) is 77.0 Å². The molecule has 0 unspecified atom stereocenters. The molecule has 0 aliphatic carbocycles. The first-order valence-electron chi connectivity index (χ1n) is 10.4. The highest BCUT2D eigenvalue weighted by atomic mass is 35.5. The van der Waals surface area contributed by atoms with Gasteiger partial charge in [-0.2, -0.15) is 13.2 Å². The van der Waals surface area contributed by atoms with E-state index in [1.165, 1.54) is 23.2 Å². The lowest BCUT2D eigenvalue weighted by atomic mass is 10.0. The molecule has 14 heteroatoms. The van der Waals surface area contributed by atoms with Gasteiger partial charge in [-0.1, -0.05) is 11.6 Å². The second-order valence-corrected chi connectivity index (χ2v) is 8.48. The standard InChI is InChI=1S/C22H18ClF6N5O.ClH/c23-18-2-1-11(9-31-18)20-17-10-33(3-4-34(17)21(32-20)22(27,28)29)19(35)7-13(30)5-12-6-15(25)16(26)8-14(12)24;/h1-2,6,8-9,13H,3-5,7,10,30H2;1H/t13-;/m1./s1. The molecule has 0 saturated carbocycles. The van der Waals surface area contributed by atoms with Crippen molar-refractivity contribution >= 4 is 29.9 Å². The Hall–Kier alpha value is -2.83. The van der Waals surface area contributed by atoms with Crippen molar-refractivity contribution in [1.29, 1.82) is 0 Å². The van der Waals surface area contributed by atoms with Gasteiger partial charge in [0.05, 0.1) is 17.9 Å². The van der Waals surface area contributed by atoms with Crippen LogP contribution >= 0.6 is 24.0 Å². The monoisotopic (exact) mass is 553 g/mol. The number of imidazole rings is 1. The van der Waals surface area contributed by atoms with Crippen LogP contribution in [0, 0.1) is 17.5 Å².